The second kappa shape index (κ2) is 2.92. The average molecular weight is 198 g/mol. The van der Waals surface area contributed by atoms with Crippen molar-refractivity contribution in [3.63, 3.8) is 0 Å². The first-order valence-electron chi connectivity index (χ1n) is 3.81. The Hall–Kier alpha value is -1.22. The third-order valence-corrected chi connectivity index (χ3v) is 2.04. The molecule has 68 valence electrons. The Morgan fingerprint density at radius 2 is 2.23 bits per heavy atom. The van der Waals surface area contributed by atoms with E-state index < -0.39 is 0 Å². The summed E-state index contributed by atoms with van der Waals surface area (Å²) in [5.41, 5.74) is 2.40. The summed E-state index contributed by atoms with van der Waals surface area (Å²) in [7, 11) is 1.62. The van der Waals surface area contributed by atoms with Gasteiger partial charge in [0.25, 0.3) is 5.35 Å². The molecule has 2 aromatic rings. The van der Waals surface area contributed by atoms with Gasteiger partial charge in [0.15, 0.2) is 5.58 Å². The van der Waals surface area contributed by atoms with Gasteiger partial charge in [-0.2, -0.15) is 4.98 Å². The number of methoxy groups -OCH3 is 1. The topological polar surface area (TPSA) is 35.3 Å². The quantitative estimate of drug-likeness (QED) is 0.705. The van der Waals surface area contributed by atoms with Crippen molar-refractivity contribution in [2.75, 3.05) is 7.11 Å². The summed E-state index contributed by atoms with van der Waals surface area (Å²) in [6.45, 7) is 1.94. The van der Waals surface area contributed by atoms with Crippen LogP contribution in [0, 0.1) is 6.92 Å². The number of nitrogens with zero attached hydrogens (tertiary/aromatic N) is 1. The zero-order chi connectivity index (χ0) is 9.42. The molecule has 0 N–H and O–H groups in total. The van der Waals surface area contributed by atoms with Gasteiger partial charge >= 0.3 is 0 Å². The van der Waals surface area contributed by atoms with Gasteiger partial charge in [-0.15, -0.1) is 0 Å². The molecule has 0 aliphatic rings. The standard InChI is InChI=1S/C9H8ClNO2/c1-5-3-8-6(4-7(5)12-2)11-9(10)13-8/h3-4H,1-2H3. The highest BCUT2D eigenvalue weighted by atomic mass is 35.5. The first-order valence-corrected chi connectivity index (χ1v) is 4.19. The molecule has 0 saturated carbocycles. The number of hydrogen-bond donors (Lipinski definition) is 0. The number of oxazole rings is 1. The number of benzene rings is 1. The van der Waals surface area contributed by atoms with E-state index in [-0.39, 0.29) is 5.35 Å². The first-order chi connectivity index (χ1) is 6.20. The summed E-state index contributed by atoms with van der Waals surface area (Å²) < 4.78 is 10.3. The predicted octanol–water partition coefficient (Wildman–Crippen LogP) is 2.80. The van der Waals surface area contributed by atoms with Crippen LogP contribution in [0.5, 0.6) is 5.75 Å². The molecule has 0 aliphatic heterocycles. The molecule has 13 heavy (non-hydrogen) atoms. The Morgan fingerprint density at radius 1 is 1.46 bits per heavy atom. The summed E-state index contributed by atoms with van der Waals surface area (Å²) >= 11 is 5.61. The molecule has 2 rings (SSSR count). The number of ether oxygens (including phenoxy) is 1. The molecule has 0 atom stereocenters. The Labute approximate surface area is 80.3 Å². The number of fused-ring (bicyclic) bond motifs is 1. The van der Waals surface area contributed by atoms with Crippen molar-refractivity contribution in [3.8, 4) is 5.75 Å². The molecule has 1 aromatic carbocycles. The van der Waals surface area contributed by atoms with Crippen LogP contribution in [0.3, 0.4) is 0 Å². The number of halogens is 1. The largest absolute Gasteiger partial charge is 0.496 e. The molecule has 0 aliphatic carbocycles. The number of aromatic nitrogens is 1. The van der Waals surface area contributed by atoms with Crippen LogP contribution >= 0.6 is 11.6 Å². The lowest BCUT2D eigenvalue weighted by Crippen LogP contribution is -1.86. The molecule has 0 spiro atoms. The number of rotatable bonds is 1. The van der Waals surface area contributed by atoms with E-state index in [0.717, 1.165) is 11.3 Å². The zero-order valence-electron chi connectivity index (χ0n) is 7.30. The third kappa shape index (κ3) is 1.35. The number of aryl methyl sites for hydroxylation is 1. The SMILES string of the molecule is COc1cc2nc(Cl)oc2cc1C. The smallest absolute Gasteiger partial charge is 0.293 e. The van der Waals surface area contributed by atoms with Gasteiger partial charge in [-0.3, -0.25) is 0 Å². The molecule has 3 nitrogen and oxygen atoms in total. The van der Waals surface area contributed by atoms with Crippen LogP contribution in [-0.2, 0) is 0 Å². The van der Waals surface area contributed by atoms with Crippen LogP contribution in [0.2, 0.25) is 5.35 Å². The summed E-state index contributed by atoms with van der Waals surface area (Å²) in [6.07, 6.45) is 0. The monoisotopic (exact) mass is 197 g/mol. The lowest BCUT2D eigenvalue weighted by molar-refractivity contribution is 0.412. The Morgan fingerprint density at radius 3 is 2.92 bits per heavy atom. The van der Waals surface area contributed by atoms with Crippen molar-refractivity contribution in [1.29, 1.82) is 0 Å². The van der Waals surface area contributed by atoms with Crippen molar-refractivity contribution in [2.45, 2.75) is 6.92 Å². The van der Waals surface area contributed by atoms with Crippen LogP contribution < -0.4 is 4.74 Å². The molecule has 1 heterocycles. The van der Waals surface area contributed by atoms with E-state index in [9.17, 15) is 0 Å². The molecular weight excluding hydrogens is 190 g/mol. The lowest BCUT2D eigenvalue weighted by atomic mass is 10.2. The van der Waals surface area contributed by atoms with Crippen molar-refractivity contribution >= 4 is 22.7 Å². The maximum Gasteiger partial charge on any atom is 0.293 e. The average Bonchev–Trinajstić information content (AvgIpc) is 2.42. The van der Waals surface area contributed by atoms with Crippen LogP contribution in [0.4, 0.5) is 0 Å². The molecule has 0 fully saturated rings. The van der Waals surface area contributed by atoms with Gasteiger partial charge in [0.2, 0.25) is 0 Å². The second-order valence-corrected chi connectivity index (χ2v) is 3.08. The maximum atomic E-state index is 5.61. The van der Waals surface area contributed by atoms with Crippen LogP contribution in [0.1, 0.15) is 5.56 Å². The predicted molar refractivity (Wildman–Crippen MR) is 50.3 cm³/mol. The molecule has 4 heteroatoms. The minimum Gasteiger partial charge on any atom is -0.496 e. The first kappa shape index (κ1) is 8.38. The summed E-state index contributed by atoms with van der Waals surface area (Å²) in [4.78, 5) is 3.98. The van der Waals surface area contributed by atoms with Crippen molar-refractivity contribution in [1.82, 2.24) is 4.98 Å². The highest BCUT2D eigenvalue weighted by Crippen LogP contribution is 2.26. The van der Waals surface area contributed by atoms with Gasteiger partial charge in [-0.25, -0.2) is 0 Å². The molecule has 0 radical (unpaired) electrons. The minimum atomic E-state index is 0.155. The minimum absolute atomic E-state index is 0.155. The van der Waals surface area contributed by atoms with Crippen molar-refractivity contribution < 1.29 is 9.15 Å². The fourth-order valence-corrected chi connectivity index (χ4v) is 1.42. The van der Waals surface area contributed by atoms with E-state index in [2.05, 4.69) is 4.98 Å². The third-order valence-electron chi connectivity index (χ3n) is 1.88. The molecule has 0 bridgehead atoms. The highest BCUT2D eigenvalue weighted by molar-refractivity contribution is 6.28. The van der Waals surface area contributed by atoms with Gasteiger partial charge in [0, 0.05) is 6.07 Å². The lowest BCUT2D eigenvalue weighted by Gasteiger charge is -2.01. The summed E-state index contributed by atoms with van der Waals surface area (Å²) in [5, 5.41) is 0.155. The van der Waals surface area contributed by atoms with Crippen molar-refractivity contribution in [3.05, 3.63) is 23.0 Å². The highest BCUT2D eigenvalue weighted by Gasteiger charge is 2.07. The number of hydrogen-bond acceptors (Lipinski definition) is 3. The molecule has 0 saturated heterocycles. The van der Waals surface area contributed by atoms with E-state index >= 15 is 0 Å². The van der Waals surface area contributed by atoms with E-state index in [4.69, 9.17) is 20.8 Å². The zero-order valence-corrected chi connectivity index (χ0v) is 8.05. The van der Waals surface area contributed by atoms with E-state index in [0.29, 0.717) is 11.1 Å². The summed E-state index contributed by atoms with van der Waals surface area (Å²) in [5.74, 6) is 0.789. The van der Waals surface area contributed by atoms with Gasteiger partial charge in [0.05, 0.1) is 7.11 Å². The van der Waals surface area contributed by atoms with Crippen LogP contribution in [0.15, 0.2) is 16.5 Å². The fourth-order valence-electron chi connectivity index (χ4n) is 1.25. The normalized spacial score (nSPS) is 10.7. The van der Waals surface area contributed by atoms with Gasteiger partial charge < -0.3 is 9.15 Å². The molecule has 0 unspecified atom stereocenters. The Balaban J connectivity index is 2.72. The van der Waals surface area contributed by atoms with Gasteiger partial charge in [-0.1, -0.05) is 0 Å². The second-order valence-electron chi connectivity index (χ2n) is 2.76. The molecular formula is C9H8ClNO2. The van der Waals surface area contributed by atoms with E-state index in [1.165, 1.54) is 0 Å². The van der Waals surface area contributed by atoms with Crippen molar-refractivity contribution in [2.24, 2.45) is 0 Å². The van der Waals surface area contributed by atoms with E-state index in [1.54, 1.807) is 13.2 Å². The summed E-state index contributed by atoms with van der Waals surface area (Å²) in [6, 6.07) is 3.66. The van der Waals surface area contributed by atoms with Crippen LogP contribution in [-0.4, -0.2) is 12.1 Å². The fraction of sp³-hybridized carbons (Fsp3) is 0.222. The molecule has 1 aromatic heterocycles. The van der Waals surface area contributed by atoms with Gasteiger partial charge in [0.1, 0.15) is 11.3 Å². The van der Waals surface area contributed by atoms with E-state index in [1.807, 2.05) is 13.0 Å². The van der Waals surface area contributed by atoms with Crippen LogP contribution in [0.25, 0.3) is 11.1 Å². The molecule has 0 amide bonds. The Kier molecular flexibility index (Phi) is 1.88. The maximum absolute atomic E-state index is 5.61. The Bertz CT molecular complexity index is 450. The van der Waals surface area contributed by atoms with Gasteiger partial charge in [-0.05, 0) is 30.2 Å².